The summed E-state index contributed by atoms with van der Waals surface area (Å²) in [6, 6.07) is 5.83. The van der Waals surface area contributed by atoms with Crippen molar-refractivity contribution < 1.29 is 5.11 Å². The zero-order valence-corrected chi connectivity index (χ0v) is 10.3. The number of thiazole rings is 1. The van der Waals surface area contributed by atoms with Crippen LogP contribution in [0, 0.1) is 0 Å². The van der Waals surface area contributed by atoms with Crippen LogP contribution in [-0.4, -0.2) is 21.7 Å². The zero-order chi connectivity index (χ0) is 11.7. The van der Waals surface area contributed by atoms with Gasteiger partial charge in [0.15, 0.2) is 0 Å². The van der Waals surface area contributed by atoms with Gasteiger partial charge in [0.1, 0.15) is 5.01 Å². The third kappa shape index (κ3) is 1.77. The van der Waals surface area contributed by atoms with Crippen LogP contribution in [0.1, 0.15) is 24.3 Å². The van der Waals surface area contributed by atoms with Crippen molar-refractivity contribution in [3.8, 4) is 11.4 Å². The van der Waals surface area contributed by atoms with E-state index in [0.717, 1.165) is 29.2 Å². The minimum Gasteiger partial charge on any atom is -0.395 e. The van der Waals surface area contributed by atoms with E-state index in [-0.39, 0.29) is 12.0 Å². The quantitative estimate of drug-likeness (QED) is 0.905. The smallest absolute Gasteiger partial charge is 0.102 e. The normalized spacial score (nSPS) is 17.7. The van der Waals surface area contributed by atoms with Gasteiger partial charge < -0.3 is 5.11 Å². The Hall–Kier alpha value is -1.26. The van der Waals surface area contributed by atoms with Gasteiger partial charge in [0.25, 0.3) is 0 Å². The first-order chi connectivity index (χ1) is 8.34. The van der Waals surface area contributed by atoms with Crippen molar-refractivity contribution in [3.05, 3.63) is 34.8 Å². The van der Waals surface area contributed by atoms with Crippen LogP contribution in [0.5, 0.6) is 0 Å². The molecular weight excluding hydrogens is 232 g/mol. The number of aliphatic hydroxyl groups excluding tert-OH is 1. The number of aromatic nitrogens is 2. The van der Waals surface area contributed by atoms with Gasteiger partial charge in [0, 0.05) is 17.0 Å². The predicted molar refractivity (Wildman–Crippen MR) is 68.0 cm³/mol. The van der Waals surface area contributed by atoms with Crippen LogP contribution in [-0.2, 0) is 5.41 Å². The number of nitrogens with zero attached hydrogens (tertiary/aromatic N) is 2. The van der Waals surface area contributed by atoms with E-state index >= 15 is 0 Å². The fraction of sp³-hybridized carbons (Fsp3) is 0.385. The van der Waals surface area contributed by atoms with Crippen molar-refractivity contribution >= 4 is 11.3 Å². The summed E-state index contributed by atoms with van der Waals surface area (Å²) in [7, 11) is 0. The van der Waals surface area contributed by atoms with Crippen molar-refractivity contribution in [1.29, 1.82) is 0 Å². The van der Waals surface area contributed by atoms with Crippen LogP contribution >= 0.6 is 11.3 Å². The van der Waals surface area contributed by atoms with Gasteiger partial charge in [-0.3, -0.25) is 4.98 Å². The van der Waals surface area contributed by atoms with Gasteiger partial charge in [-0.25, -0.2) is 4.98 Å². The van der Waals surface area contributed by atoms with Crippen LogP contribution in [0.3, 0.4) is 0 Å². The molecule has 0 bridgehead atoms. The van der Waals surface area contributed by atoms with E-state index in [1.54, 1.807) is 17.5 Å². The molecule has 1 aliphatic rings. The third-order valence-corrected chi connectivity index (χ3v) is 4.59. The molecule has 4 heteroatoms. The number of hydrogen-bond donors (Lipinski definition) is 1. The Bertz CT molecular complexity index is 500. The molecule has 1 fully saturated rings. The van der Waals surface area contributed by atoms with E-state index in [2.05, 4.69) is 9.97 Å². The molecular formula is C13H14N2OS. The highest BCUT2D eigenvalue weighted by atomic mass is 32.1. The van der Waals surface area contributed by atoms with Crippen molar-refractivity contribution in [3.63, 3.8) is 0 Å². The molecule has 1 aliphatic carbocycles. The number of rotatable bonds is 3. The summed E-state index contributed by atoms with van der Waals surface area (Å²) in [5, 5.41) is 12.6. The Kier molecular flexibility index (Phi) is 2.68. The van der Waals surface area contributed by atoms with Crippen molar-refractivity contribution in [2.24, 2.45) is 0 Å². The molecule has 88 valence electrons. The minimum atomic E-state index is -0.0578. The number of hydrogen-bond acceptors (Lipinski definition) is 4. The average Bonchev–Trinajstić information content (AvgIpc) is 2.80. The topological polar surface area (TPSA) is 46.0 Å². The maximum atomic E-state index is 9.52. The maximum Gasteiger partial charge on any atom is 0.102 e. The number of pyridine rings is 1. The summed E-state index contributed by atoms with van der Waals surface area (Å²) < 4.78 is 0. The first-order valence-electron chi connectivity index (χ1n) is 5.82. The lowest BCUT2D eigenvalue weighted by atomic mass is 9.70. The second kappa shape index (κ2) is 4.20. The molecule has 1 N–H and O–H groups in total. The molecule has 0 atom stereocenters. The average molecular weight is 246 g/mol. The molecule has 17 heavy (non-hydrogen) atoms. The van der Waals surface area contributed by atoms with E-state index < -0.39 is 0 Å². The monoisotopic (exact) mass is 246 g/mol. The van der Waals surface area contributed by atoms with Gasteiger partial charge in [-0.1, -0.05) is 12.5 Å². The third-order valence-electron chi connectivity index (χ3n) is 3.50. The van der Waals surface area contributed by atoms with E-state index in [4.69, 9.17) is 0 Å². The van der Waals surface area contributed by atoms with Gasteiger partial charge in [0.2, 0.25) is 0 Å². The van der Waals surface area contributed by atoms with Crippen molar-refractivity contribution in [2.45, 2.75) is 24.7 Å². The van der Waals surface area contributed by atoms with Crippen molar-refractivity contribution in [1.82, 2.24) is 9.97 Å². The first-order valence-corrected chi connectivity index (χ1v) is 6.70. The Morgan fingerprint density at radius 3 is 2.76 bits per heavy atom. The van der Waals surface area contributed by atoms with Crippen LogP contribution in [0.25, 0.3) is 11.4 Å². The van der Waals surface area contributed by atoms with Gasteiger partial charge in [-0.05, 0) is 25.0 Å². The summed E-state index contributed by atoms with van der Waals surface area (Å²) in [5.74, 6) is 0. The van der Waals surface area contributed by atoms with Crippen LogP contribution in [0.2, 0.25) is 0 Å². The Morgan fingerprint density at radius 1 is 1.29 bits per heavy atom. The molecule has 2 aromatic rings. The first kappa shape index (κ1) is 10.9. The molecule has 3 rings (SSSR count). The molecule has 2 heterocycles. The van der Waals surface area contributed by atoms with E-state index in [9.17, 15) is 5.11 Å². The standard InChI is InChI=1S/C13H14N2OS/c16-9-13(5-3-6-13)12-15-11(8-17-12)10-4-1-2-7-14-10/h1-2,4,7-8,16H,3,5-6,9H2. The summed E-state index contributed by atoms with van der Waals surface area (Å²) in [4.78, 5) is 8.94. The molecule has 0 radical (unpaired) electrons. The fourth-order valence-electron chi connectivity index (χ4n) is 2.19. The summed E-state index contributed by atoms with van der Waals surface area (Å²) >= 11 is 1.64. The molecule has 2 aromatic heterocycles. The summed E-state index contributed by atoms with van der Waals surface area (Å²) in [6.07, 6.45) is 5.08. The van der Waals surface area contributed by atoms with Gasteiger partial charge in [0.05, 0.1) is 18.0 Å². The van der Waals surface area contributed by atoms with Gasteiger partial charge >= 0.3 is 0 Å². The SMILES string of the molecule is OCC1(c2nc(-c3ccccn3)cs2)CCC1. The van der Waals surface area contributed by atoms with Crippen molar-refractivity contribution in [2.75, 3.05) is 6.61 Å². The fourth-order valence-corrected chi connectivity index (χ4v) is 3.26. The molecule has 3 nitrogen and oxygen atoms in total. The predicted octanol–water partition coefficient (Wildman–Crippen LogP) is 2.62. The van der Waals surface area contributed by atoms with Gasteiger partial charge in [-0.15, -0.1) is 11.3 Å². The van der Waals surface area contributed by atoms with Gasteiger partial charge in [-0.2, -0.15) is 0 Å². The van der Waals surface area contributed by atoms with Crippen LogP contribution in [0.4, 0.5) is 0 Å². The summed E-state index contributed by atoms with van der Waals surface area (Å²) in [6.45, 7) is 0.210. The van der Waals surface area contributed by atoms with E-state index in [0.29, 0.717) is 0 Å². The van der Waals surface area contributed by atoms with E-state index in [1.165, 1.54) is 6.42 Å². The Labute approximate surface area is 104 Å². The lowest BCUT2D eigenvalue weighted by Gasteiger charge is -2.38. The highest BCUT2D eigenvalue weighted by Gasteiger charge is 2.40. The minimum absolute atomic E-state index is 0.0578. The second-order valence-electron chi connectivity index (χ2n) is 4.54. The molecule has 0 aliphatic heterocycles. The lowest BCUT2D eigenvalue weighted by Crippen LogP contribution is -2.37. The Morgan fingerprint density at radius 2 is 2.18 bits per heavy atom. The largest absolute Gasteiger partial charge is 0.395 e. The maximum absolute atomic E-state index is 9.52. The van der Waals surface area contributed by atoms with Crippen LogP contribution < -0.4 is 0 Å². The molecule has 0 unspecified atom stereocenters. The molecule has 1 saturated carbocycles. The highest BCUT2D eigenvalue weighted by molar-refractivity contribution is 7.10. The van der Waals surface area contributed by atoms with Crippen LogP contribution in [0.15, 0.2) is 29.8 Å². The van der Waals surface area contributed by atoms with E-state index in [1.807, 2.05) is 23.6 Å². The molecule has 0 saturated heterocycles. The highest BCUT2D eigenvalue weighted by Crippen LogP contribution is 2.45. The number of aliphatic hydroxyl groups is 1. The Balaban J connectivity index is 1.93. The lowest BCUT2D eigenvalue weighted by molar-refractivity contribution is 0.120. The molecule has 0 spiro atoms. The second-order valence-corrected chi connectivity index (χ2v) is 5.40. The zero-order valence-electron chi connectivity index (χ0n) is 9.47. The molecule has 0 amide bonds. The molecule has 0 aromatic carbocycles. The summed E-state index contributed by atoms with van der Waals surface area (Å²) in [5.41, 5.74) is 1.77.